The van der Waals surface area contributed by atoms with Crippen molar-refractivity contribution in [2.45, 2.75) is 13.0 Å². The van der Waals surface area contributed by atoms with Crippen LogP contribution in [0.15, 0.2) is 52.1 Å². The summed E-state index contributed by atoms with van der Waals surface area (Å²) in [5.74, 6) is -0.995. The van der Waals surface area contributed by atoms with Gasteiger partial charge >= 0.3 is 17.6 Å². The number of benzene rings is 1. The topological polar surface area (TPSA) is 132 Å². The third-order valence-corrected chi connectivity index (χ3v) is 5.02. The van der Waals surface area contributed by atoms with Gasteiger partial charge in [-0.15, -0.1) is 0 Å². The van der Waals surface area contributed by atoms with Crippen LogP contribution in [0.25, 0.3) is 0 Å². The number of rotatable bonds is 12. The maximum absolute atomic E-state index is 12.2. The van der Waals surface area contributed by atoms with E-state index in [1.807, 2.05) is 30.1 Å². The van der Waals surface area contributed by atoms with E-state index in [9.17, 15) is 19.2 Å². The van der Waals surface area contributed by atoms with Gasteiger partial charge in [-0.25, -0.2) is 14.4 Å². The van der Waals surface area contributed by atoms with Crippen molar-refractivity contribution in [3.05, 3.63) is 68.9 Å². The van der Waals surface area contributed by atoms with Crippen molar-refractivity contribution in [2.75, 3.05) is 38.6 Å². The molecule has 1 aromatic carbocycles. The van der Waals surface area contributed by atoms with Gasteiger partial charge in [0.25, 0.3) is 5.56 Å². The molecule has 2 aromatic rings. The minimum absolute atomic E-state index is 0.0662. The fourth-order valence-corrected chi connectivity index (χ4v) is 3.24. The second-order valence-electron chi connectivity index (χ2n) is 7.72. The first-order chi connectivity index (χ1) is 16.1. The number of para-hydroxylation sites is 1. The van der Waals surface area contributed by atoms with Crippen molar-refractivity contribution < 1.29 is 24.2 Å². The van der Waals surface area contributed by atoms with Gasteiger partial charge < -0.3 is 24.8 Å². The molecule has 0 saturated heterocycles. The van der Waals surface area contributed by atoms with E-state index in [-0.39, 0.29) is 12.2 Å². The van der Waals surface area contributed by atoms with Crippen LogP contribution in [-0.4, -0.2) is 70.5 Å². The molecule has 11 nitrogen and oxygen atoms in total. The maximum Gasteiger partial charge on any atom is 0.332 e. The van der Waals surface area contributed by atoms with Gasteiger partial charge in [-0.2, -0.15) is 0 Å². The zero-order valence-corrected chi connectivity index (χ0v) is 19.7. The Morgan fingerprint density at radius 1 is 1.15 bits per heavy atom. The maximum atomic E-state index is 12.2. The van der Waals surface area contributed by atoms with Crippen molar-refractivity contribution in [1.82, 2.24) is 14.0 Å². The van der Waals surface area contributed by atoms with Crippen LogP contribution in [0.5, 0.6) is 5.75 Å². The fourth-order valence-electron chi connectivity index (χ4n) is 3.24. The van der Waals surface area contributed by atoms with E-state index in [0.29, 0.717) is 42.8 Å². The Hall–Kier alpha value is -3.86. The quantitative estimate of drug-likeness (QED) is 0.331. The van der Waals surface area contributed by atoms with Crippen molar-refractivity contribution in [2.24, 2.45) is 14.1 Å². The molecule has 1 heterocycles. The van der Waals surface area contributed by atoms with Gasteiger partial charge in [-0.3, -0.25) is 13.9 Å². The first kappa shape index (κ1) is 26.4. The number of nitrogens with one attached hydrogen (secondary N) is 1. The third kappa shape index (κ3) is 7.62. The Morgan fingerprint density at radius 3 is 2.47 bits per heavy atom. The normalized spacial score (nSPS) is 12.0. The molecule has 0 aliphatic carbocycles. The highest BCUT2D eigenvalue weighted by Gasteiger charge is 2.18. The molecule has 1 atom stereocenters. The summed E-state index contributed by atoms with van der Waals surface area (Å²) in [6, 6.07) is 9.02. The number of hydrogen-bond donors (Lipinski definition) is 2. The fraction of sp³-hybridized carbons (Fsp3) is 0.391. The number of nitrogens with zero attached hydrogens (tertiary/aromatic N) is 3. The summed E-state index contributed by atoms with van der Waals surface area (Å²) in [6.45, 7) is 2.92. The second-order valence-corrected chi connectivity index (χ2v) is 7.72. The molecule has 0 fully saturated rings. The number of anilines is 1. The number of carbonyl (C=O) groups is 2. The van der Waals surface area contributed by atoms with E-state index in [1.54, 1.807) is 26.1 Å². The van der Waals surface area contributed by atoms with Crippen molar-refractivity contribution >= 4 is 17.8 Å². The van der Waals surface area contributed by atoms with Gasteiger partial charge in [0.15, 0.2) is 0 Å². The van der Waals surface area contributed by atoms with Gasteiger partial charge in [0, 0.05) is 45.9 Å². The van der Waals surface area contributed by atoms with Crippen LogP contribution in [0.1, 0.15) is 5.56 Å². The number of aromatic nitrogens is 2. The minimum Gasteiger partial charge on any atom is -0.490 e. The number of carboxylic acid groups (broad SMARTS) is 1. The van der Waals surface area contributed by atoms with Crippen LogP contribution in [0.4, 0.5) is 5.82 Å². The van der Waals surface area contributed by atoms with Crippen LogP contribution in [0, 0.1) is 6.92 Å². The summed E-state index contributed by atoms with van der Waals surface area (Å²) < 4.78 is 13.5. The highest BCUT2D eigenvalue weighted by molar-refractivity contribution is 5.90. The van der Waals surface area contributed by atoms with Crippen molar-refractivity contribution in [3.8, 4) is 5.75 Å². The van der Waals surface area contributed by atoms with Gasteiger partial charge in [0.1, 0.15) is 24.3 Å². The molecule has 0 bridgehead atoms. The lowest BCUT2D eigenvalue weighted by Gasteiger charge is -2.24. The Kier molecular flexibility index (Phi) is 9.62. The number of carboxylic acids is 1. The number of aliphatic carboxylic acids is 1. The van der Waals surface area contributed by atoms with E-state index < -0.39 is 23.7 Å². The first-order valence-electron chi connectivity index (χ1n) is 10.6. The van der Waals surface area contributed by atoms with E-state index in [1.165, 1.54) is 11.6 Å². The lowest BCUT2D eigenvalue weighted by atomic mass is 10.3. The monoisotopic (exact) mass is 474 g/mol. The average molecular weight is 475 g/mol. The Balaban J connectivity index is 2.00. The SMILES string of the molecule is Cc1c(NCCN(C)CC(COc2ccccc2)OC(=O)/C=C/C(=O)O)n(C)c(=O)n(C)c1=O. The van der Waals surface area contributed by atoms with E-state index in [4.69, 9.17) is 14.6 Å². The van der Waals surface area contributed by atoms with Crippen LogP contribution < -0.4 is 21.3 Å². The molecular formula is C23H30N4O7. The van der Waals surface area contributed by atoms with E-state index in [0.717, 1.165) is 10.6 Å². The second kappa shape index (κ2) is 12.4. The summed E-state index contributed by atoms with van der Waals surface area (Å²) in [5.41, 5.74) is -0.357. The number of carbonyl (C=O) groups excluding carboxylic acids is 1. The Labute approximate surface area is 196 Å². The first-order valence-corrected chi connectivity index (χ1v) is 10.6. The lowest BCUT2D eigenvalue weighted by molar-refractivity contribution is -0.145. The molecule has 184 valence electrons. The van der Waals surface area contributed by atoms with E-state index in [2.05, 4.69) is 5.32 Å². The molecule has 1 aromatic heterocycles. The number of likely N-dealkylation sites (N-methyl/N-ethyl adjacent to an activating group) is 1. The summed E-state index contributed by atoms with van der Waals surface area (Å²) >= 11 is 0. The molecule has 0 aliphatic rings. The molecule has 0 spiro atoms. The predicted molar refractivity (Wildman–Crippen MR) is 126 cm³/mol. The molecule has 11 heteroatoms. The molecule has 0 amide bonds. The molecule has 2 rings (SSSR count). The average Bonchev–Trinajstić information content (AvgIpc) is 2.81. The summed E-state index contributed by atoms with van der Waals surface area (Å²) in [6.07, 6.45) is 0.881. The molecule has 2 N–H and O–H groups in total. The third-order valence-electron chi connectivity index (χ3n) is 5.02. The minimum atomic E-state index is -1.25. The van der Waals surface area contributed by atoms with Crippen LogP contribution in [0.3, 0.4) is 0 Å². The van der Waals surface area contributed by atoms with E-state index >= 15 is 0 Å². The Bertz CT molecular complexity index is 1100. The number of esters is 1. The van der Waals surface area contributed by atoms with Crippen LogP contribution in [-0.2, 0) is 28.4 Å². The molecule has 0 saturated carbocycles. The van der Waals surface area contributed by atoms with Crippen molar-refractivity contribution in [1.29, 1.82) is 0 Å². The zero-order chi connectivity index (χ0) is 25.3. The van der Waals surface area contributed by atoms with Gasteiger partial charge in [-0.1, -0.05) is 18.2 Å². The molecular weight excluding hydrogens is 444 g/mol. The largest absolute Gasteiger partial charge is 0.490 e. The number of hydrogen-bond acceptors (Lipinski definition) is 8. The van der Waals surface area contributed by atoms with Crippen molar-refractivity contribution in [3.63, 3.8) is 0 Å². The Morgan fingerprint density at radius 2 is 1.82 bits per heavy atom. The lowest BCUT2D eigenvalue weighted by Crippen LogP contribution is -2.41. The van der Waals surface area contributed by atoms with Gasteiger partial charge in [0.05, 0.1) is 5.56 Å². The summed E-state index contributed by atoms with van der Waals surface area (Å²) in [5, 5.41) is 11.8. The van der Waals surface area contributed by atoms with Gasteiger partial charge in [-0.05, 0) is 26.1 Å². The molecule has 0 aliphatic heterocycles. The highest BCUT2D eigenvalue weighted by Crippen LogP contribution is 2.10. The molecule has 34 heavy (non-hydrogen) atoms. The van der Waals surface area contributed by atoms with Crippen LogP contribution >= 0.6 is 0 Å². The molecule has 0 radical (unpaired) electrons. The zero-order valence-electron chi connectivity index (χ0n) is 19.7. The highest BCUT2D eigenvalue weighted by atomic mass is 16.6. The smallest absolute Gasteiger partial charge is 0.332 e. The summed E-state index contributed by atoms with van der Waals surface area (Å²) in [4.78, 5) is 48.9. The summed E-state index contributed by atoms with van der Waals surface area (Å²) in [7, 11) is 4.83. The van der Waals surface area contributed by atoms with Crippen LogP contribution in [0.2, 0.25) is 0 Å². The molecule has 1 unspecified atom stereocenters. The number of ether oxygens (including phenoxy) is 2. The predicted octanol–water partition coefficient (Wildman–Crippen LogP) is 0.368. The van der Waals surface area contributed by atoms with Gasteiger partial charge in [0.2, 0.25) is 0 Å². The standard InChI is InChI=1S/C23H30N4O7/c1-16-21(26(3)23(32)27(4)22(16)31)24-12-13-25(2)14-18(34-20(30)11-10-19(28)29)15-33-17-8-6-5-7-9-17/h5-11,18,24H,12-15H2,1-4H3,(H,28,29)/b11-10+.